The first-order valence-electron chi connectivity index (χ1n) is 11.0. The van der Waals surface area contributed by atoms with E-state index < -0.39 is 0 Å². The monoisotopic (exact) mass is 397 g/mol. The summed E-state index contributed by atoms with van der Waals surface area (Å²) in [6, 6.07) is 9.22. The molecule has 1 N–H and O–H groups in total. The number of carbonyl (C=O) groups excluding carboxylic acids is 1. The molecule has 1 aromatic rings. The first kappa shape index (κ1) is 21.5. The molecule has 1 amide bonds. The summed E-state index contributed by atoms with van der Waals surface area (Å²) in [5.74, 6) is 0.671. The van der Waals surface area contributed by atoms with Crippen molar-refractivity contribution in [2.45, 2.75) is 63.8 Å². The van der Waals surface area contributed by atoms with Gasteiger partial charge in [-0.25, -0.2) is 4.39 Å². The molecule has 1 aromatic carbocycles. The third-order valence-electron chi connectivity index (χ3n) is 6.27. The van der Waals surface area contributed by atoms with Crippen LogP contribution in [0.3, 0.4) is 0 Å². The lowest BCUT2D eigenvalue weighted by atomic mass is 9.84. The van der Waals surface area contributed by atoms with Crippen molar-refractivity contribution in [2.24, 2.45) is 5.92 Å². The summed E-state index contributed by atoms with van der Waals surface area (Å²) in [5, 5.41) is 11.7. The van der Waals surface area contributed by atoms with Crippen molar-refractivity contribution in [3.63, 3.8) is 0 Å². The van der Waals surface area contributed by atoms with Gasteiger partial charge in [0.1, 0.15) is 5.82 Å². The van der Waals surface area contributed by atoms with Crippen LogP contribution in [0.15, 0.2) is 30.3 Å². The highest BCUT2D eigenvalue weighted by atomic mass is 19.1. The number of halogens is 1. The summed E-state index contributed by atoms with van der Waals surface area (Å²) < 4.78 is 13.1. The van der Waals surface area contributed by atoms with Gasteiger partial charge in [-0.1, -0.05) is 18.2 Å². The first-order valence-corrected chi connectivity index (χ1v) is 11.0. The van der Waals surface area contributed by atoms with E-state index in [9.17, 15) is 9.18 Å². The second-order valence-electron chi connectivity index (χ2n) is 8.37. The van der Waals surface area contributed by atoms with Crippen LogP contribution >= 0.6 is 0 Å². The highest BCUT2D eigenvalue weighted by molar-refractivity contribution is 5.76. The van der Waals surface area contributed by atoms with Crippen molar-refractivity contribution in [2.75, 3.05) is 19.6 Å². The number of benzene rings is 1. The molecule has 0 saturated heterocycles. The lowest BCUT2D eigenvalue weighted by Gasteiger charge is -2.32. The van der Waals surface area contributed by atoms with Crippen LogP contribution in [0, 0.1) is 23.1 Å². The number of nitrogens with one attached hydrogen (secondary N) is 1. The molecular weight excluding hydrogens is 365 g/mol. The van der Waals surface area contributed by atoms with E-state index in [0.717, 1.165) is 50.4 Å². The highest BCUT2D eigenvalue weighted by Gasteiger charge is 2.23. The Kier molecular flexibility index (Phi) is 8.25. The van der Waals surface area contributed by atoms with Crippen molar-refractivity contribution in [3.05, 3.63) is 41.7 Å². The lowest BCUT2D eigenvalue weighted by molar-refractivity contribution is -0.122. The van der Waals surface area contributed by atoms with Gasteiger partial charge in [-0.2, -0.15) is 5.26 Å². The van der Waals surface area contributed by atoms with Crippen molar-refractivity contribution in [1.29, 1.82) is 5.26 Å². The second-order valence-corrected chi connectivity index (χ2v) is 8.37. The average Bonchev–Trinajstić information content (AvgIpc) is 2.74. The fourth-order valence-electron chi connectivity index (χ4n) is 4.43. The van der Waals surface area contributed by atoms with Crippen LogP contribution in [0.2, 0.25) is 0 Å². The summed E-state index contributed by atoms with van der Waals surface area (Å²) in [4.78, 5) is 14.4. The van der Waals surface area contributed by atoms with Gasteiger partial charge in [-0.15, -0.1) is 0 Å². The minimum Gasteiger partial charge on any atom is -0.353 e. The minimum atomic E-state index is -0.180. The van der Waals surface area contributed by atoms with E-state index in [1.165, 1.54) is 37.0 Å². The normalized spacial score (nSPS) is 22.6. The largest absolute Gasteiger partial charge is 0.353 e. The predicted octanol–water partition coefficient (Wildman–Crippen LogP) is 4.67. The SMILES string of the molecule is N#CCCCC(=O)N[C@H]1CC[C@H](CCN2CC=C(c3ccc(F)cc3)CC2)CC1. The molecule has 4 nitrogen and oxygen atoms in total. The molecule has 0 atom stereocenters. The Labute approximate surface area is 173 Å². The van der Waals surface area contributed by atoms with Crippen molar-refractivity contribution >= 4 is 11.5 Å². The smallest absolute Gasteiger partial charge is 0.220 e. The number of hydrogen-bond donors (Lipinski definition) is 1. The third kappa shape index (κ3) is 6.97. The molecule has 1 saturated carbocycles. The zero-order chi connectivity index (χ0) is 20.5. The molecule has 0 aromatic heterocycles. The summed E-state index contributed by atoms with van der Waals surface area (Å²) in [5.41, 5.74) is 2.46. The van der Waals surface area contributed by atoms with Crippen LogP contribution in [-0.4, -0.2) is 36.5 Å². The van der Waals surface area contributed by atoms with E-state index >= 15 is 0 Å². The number of unbranched alkanes of at least 4 members (excludes halogenated alkanes) is 1. The van der Waals surface area contributed by atoms with Gasteiger partial charge in [0.25, 0.3) is 0 Å². The van der Waals surface area contributed by atoms with Crippen LogP contribution in [0.1, 0.15) is 63.4 Å². The van der Waals surface area contributed by atoms with Gasteiger partial charge >= 0.3 is 0 Å². The highest BCUT2D eigenvalue weighted by Crippen LogP contribution is 2.28. The second kappa shape index (κ2) is 11.1. The van der Waals surface area contributed by atoms with Gasteiger partial charge in [0.05, 0.1) is 6.07 Å². The van der Waals surface area contributed by atoms with E-state index in [1.54, 1.807) is 0 Å². The maximum absolute atomic E-state index is 13.1. The van der Waals surface area contributed by atoms with E-state index in [2.05, 4.69) is 22.4 Å². The Balaban J connectivity index is 1.32. The van der Waals surface area contributed by atoms with Crippen LogP contribution in [0.4, 0.5) is 4.39 Å². The molecule has 156 valence electrons. The maximum atomic E-state index is 13.1. The molecule has 0 bridgehead atoms. The van der Waals surface area contributed by atoms with Gasteiger partial charge in [-0.3, -0.25) is 9.69 Å². The van der Waals surface area contributed by atoms with Crippen LogP contribution in [0.5, 0.6) is 0 Å². The van der Waals surface area contributed by atoms with Crippen LogP contribution in [0.25, 0.3) is 5.57 Å². The van der Waals surface area contributed by atoms with Gasteiger partial charge in [0, 0.05) is 32.0 Å². The molecule has 1 fully saturated rings. The zero-order valence-electron chi connectivity index (χ0n) is 17.2. The number of nitriles is 1. The van der Waals surface area contributed by atoms with E-state index in [0.29, 0.717) is 25.3 Å². The molecule has 5 heteroatoms. The number of hydrogen-bond acceptors (Lipinski definition) is 3. The maximum Gasteiger partial charge on any atom is 0.220 e. The summed E-state index contributed by atoms with van der Waals surface area (Å²) >= 11 is 0. The lowest BCUT2D eigenvalue weighted by Crippen LogP contribution is -2.38. The Morgan fingerprint density at radius 3 is 2.62 bits per heavy atom. The summed E-state index contributed by atoms with van der Waals surface area (Å²) in [6.45, 7) is 3.17. The van der Waals surface area contributed by atoms with Gasteiger partial charge in [-0.05, 0) is 80.7 Å². The van der Waals surface area contributed by atoms with E-state index in [4.69, 9.17) is 5.26 Å². The molecule has 0 spiro atoms. The molecule has 2 aliphatic rings. The number of carbonyl (C=O) groups is 1. The van der Waals surface area contributed by atoms with E-state index in [-0.39, 0.29) is 11.7 Å². The van der Waals surface area contributed by atoms with Gasteiger partial charge < -0.3 is 5.32 Å². The number of nitrogens with zero attached hydrogens (tertiary/aromatic N) is 2. The topological polar surface area (TPSA) is 56.1 Å². The van der Waals surface area contributed by atoms with Gasteiger partial charge in [0.15, 0.2) is 0 Å². The molecule has 1 heterocycles. The fraction of sp³-hybridized carbons (Fsp3) is 0.583. The zero-order valence-corrected chi connectivity index (χ0v) is 17.2. The third-order valence-corrected chi connectivity index (χ3v) is 6.27. The average molecular weight is 398 g/mol. The Morgan fingerprint density at radius 1 is 1.21 bits per heavy atom. The van der Waals surface area contributed by atoms with Crippen LogP contribution < -0.4 is 5.32 Å². The molecule has 29 heavy (non-hydrogen) atoms. The quantitative estimate of drug-likeness (QED) is 0.648. The molecule has 0 radical (unpaired) electrons. The van der Waals surface area contributed by atoms with Gasteiger partial charge in [0.2, 0.25) is 5.91 Å². The summed E-state index contributed by atoms with van der Waals surface area (Å²) in [6.07, 6.45) is 10.6. The molecule has 1 aliphatic carbocycles. The van der Waals surface area contributed by atoms with Crippen molar-refractivity contribution in [3.8, 4) is 6.07 Å². The minimum absolute atomic E-state index is 0.0979. The standard InChI is InChI=1S/C24H32FN3O/c25-22-8-6-20(7-9-22)21-13-17-28(18-14-21)16-12-19-4-10-23(11-5-19)27-24(29)3-1-2-15-26/h6-9,13,19,23H,1-5,10-12,14,16-18H2,(H,27,29)/t19-,23-. The molecule has 3 rings (SSSR count). The summed E-state index contributed by atoms with van der Waals surface area (Å²) in [7, 11) is 0. The number of amides is 1. The van der Waals surface area contributed by atoms with Crippen molar-refractivity contribution in [1.82, 2.24) is 10.2 Å². The van der Waals surface area contributed by atoms with Crippen molar-refractivity contribution < 1.29 is 9.18 Å². The fourth-order valence-corrected chi connectivity index (χ4v) is 4.43. The Bertz CT molecular complexity index is 729. The van der Waals surface area contributed by atoms with E-state index in [1.807, 2.05) is 12.1 Å². The Morgan fingerprint density at radius 2 is 1.97 bits per heavy atom. The first-order chi connectivity index (χ1) is 14.1. The Hall–Kier alpha value is -2.19. The molecule has 0 unspecified atom stereocenters. The number of rotatable bonds is 8. The van der Waals surface area contributed by atoms with Crippen LogP contribution in [-0.2, 0) is 4.79 Å². The predicted molar refractivity (Wildman–Crippen MR) is 113 cm³/mol. The molecule has 1 aliphatic heterocycles. The molecular formula is C24H32FN3O.